The molecule has 100 valence electrons. The summed E-state index contributed by atoms with van der Waals surface area (Å²) in [6, 6.07) is 5.61. The van der Waals surface area contributed by atoms with E-state index in [1.165, 1.54) is 6.42 Å². The Hall–Kier alpha value is -1.84. The van der Waals surface area contributed by atoms with Gasteiger partial charge in [0.1, 0.15) is 5.75 Å². The molecule has 1 aromatic heterocycles. The minimum Gasteiger partial charge on any atom is -0.497 e. The number of carbonyl (C=O) groups is 1. The van der Waals surface area contributed by atoms with E-state index in [4.69, 9.17) is 4.74 Å². The zero-order valence-electron chi connectivity index (χ0n) is 11.1. The second-order valence-electron chi connectivity index (χ2n) is 5.17. The summed E-state index contributed by atoms with van der Waals surface area (Å²) < 4.78 is 5.18. The van der Waals surface area contributed by atoms with Crippen LogP contribution in [-0.2, 0) is 0 Å². The maximum atomic E-state index is 12.4. The summed E-state index contributed by atoms with van der Waals surface area (Å²) >= 11 is 0. The third-order valence-electron chi connectivity index (χ3n) is 3.90. The van der Waals surface area contributed by atoms with E-state index in [-0.39, 0.29) is 11.7 Å². The van der Waals surface area contributed by atoms with E-state index < -0.39 is 0 Å². The highest BCUT2D eigenvalue weighted by Gasteiger charge is 2.24. The van der Waals surface area contributed by atoms with E-state index in [0.717, 1.165) is 42.5 Å². The number of benzene rings is 1. The van der Waals surface area contributed by atoms with Crippen LogP contribution in [-0.4, -0.2) is 22.9 Å². The standard InChI is InChI=1S/C15H18N2O2/c1-19-11-7-8-12-13(9-11)17-15(16-12)14(18)10-5-3-2-4-6-10/h7-10H,2-6H2,1H3,(H,16,17). The summed E-state index contributed by atoms with van der Waals surface area (Å²) in [6.07, 6.45) is 5.56. The van der Waals surface area contributed by atoms with E-state index in [9.17, 15) is 4.79 Å². The van der Waals surface area contributed by atoms with Crippen molar-refractivity contribution in [2.24, 2.45) is 5.92 Å². The molecule has 3 rings (SSSR count). The van der Waals surface area contributed by atoms with Crippen LogP contribution >= 0.6 is 0 Å². The topological polar surface area (TPSA) is 55.0 Å². The van der Waals surface area contributed by atoms with Gasteiger partial charge in [-0.1, -0.05) is 19.3 Å². The first-order valence-electron chi connectivity index (χ1n) is 6.86. The van der Waals surface area contributed by atoms with Crippen molar-refractivity contribution in [3.8, 4) is 5.75 Å². The number of Topliss-reactive ketones (excluding diaryl/α,β-unsaturated/α-hetero) is 1. The first-order valence-corrected chi connectivity index (χ1v) is 6.86. The van der Waals surface area contributed by atoms with Gasteiger partial charge in [-0.15, -0.1) is 0 Å². The number of hydrogen-bond donors (Lipinski definition) is 1. The maximum Gasteiger partial charge on any atom is 0.201 e. The van der Waals surface area contributed by atoms with Gasteiger partial charge >= 0.3 is 0 Å². The summed E-state index contributed by atoms with van der Waals surface area (Å²) in [5.41, 5.74) is 1.68. The Balaban J connectivity index is 1.89. The zero-order valence-corrected chi connectivity index (χ0v) is 11.1. The normalized spacial score (nSPS) is 16.7. The molecular weight excluding hydrogens is 240 g/mol. The van der Waals surface area contributed by atoms with Crippen LogP contribution in [0.25, 0.3) is 11.0 Å². The van der Waals surface area contributed by atoms with Crippen LogP contribution < -0.4 is 4.74 Å². The predicted molar refractivity (Wildman–Crippen MR) is 73.6 cm³/mol. The van der Waals surface area contributed by atoms with Crippen molar-refractivity contribution in [3.05, 3.63) is 24.0 Å². The number of fused-ring (bicyclic) bond motifs is 1. The summed E-state index contributed by atoms with van der Waals surface area (Å²) in [5, 5.41) is 0. The molecule has 4 heteroatoms. The Morgan fingerprint density at radius 2 is 2.11 bits per heavy atom. The number of methoxy groups -OCH3 is 1. The van der Waals surface area contributed by atoms with Gasteiger partial charge in [0.25, 0.3) is 0 Å². The smallest absolute Gasteiger partial charge is 0.201 e. The van der Waals surface area contributed by atoms with E-state index in [0.29, 0.717) is 5.82 Å². The number of nitrogens with zero attached hydrogens (tertiary/aromatic N) is 1. The van der Waals surface area contributed by atoms with Gasteiger partial charge in [0.2, 0.25) is 5.78 Å². The third kappa shape index (κ3) is 2.35. The van der Waals surface area contributed by atoms with E-state index in [1.807, 2.05) is 18.2 Å². The highest BCUT2D eigenvalue weighted by atomic mass is 16.5. The maximum absolute atomic E-state index is 12.4. The largest absolute Gasteiger partial charge is 0.497 e. The fourth-order valence-electron chi connectivity index (χ4n) is 2.79. The second-order valence-corrected chi connectivity index (χ2v) is 5.17. The van der Waals surface area contributed by atoms with Crippen LogP contribution in [0.1, 0.15) is 42.7 Å². The molecule has 4 nitrogen and oxygen atoms in total. The molecule has 1 heterocycles. The minimum absolute atomic E-state index is 0.149. The number of aromatic nitrogens is 2. The lowest BCUT2D eigenvalue weighted by Crippen LogP contribution is -2.18. The van der Waals surface area contributed by atoms with E-state index in [1.54, 1.807) is 7.11 Å². The van der Waals surface area contributed by atoms with Crippen LogP contribution in [0.4, 0.5) is 0 Å². The van der Waals surface area contributed by atoms with Crippen LogP contribution in [0.5, 0.6) is 5.75 Å². The number of imidazole rings is 1. The minimum atomic E-state index is 0.149. The van der Waals surface area contributed by atoms with Crippen molar-refractivity contribution < 1.29 is 9.53 Å². The lowest BCUT2D eigenvalue weighted by atomic mass is 9.86. The molecule has 0 spiro atoms. The molecule has 2 aromatic rings. The molecule has 0 unspecified atom stereocenters. The molecule has 1 N–H and O–H groups in total. The number of aromatic amines is 1. The van der Waals surface area contributed by atoms with Crippen LogP contribution in [0.2, 0.25) is 0 Å². The highest BCUT2D eigenvalue weighted by Crippen LogP contribution is 2.27. The van der Waals surface area contributed by atoms with Crippen molar-refractivity contribution in [1.82, 2.24) is 9.97 Å². The monoisotopic (exact) mass is 258 g/mol. The Labute approximate surface area is 112 Å². The summed E-state index contributed by atoms with van der Waals surface area (Å²) in [5.74, 6) is 1.58. The quantitative estimate of drug-likeness (QED) is 0.859. The molecule has 0 aliphatic heterocycles. The highest BCUT2D eigenvalue weighted by molar-refractivity contribution is 5.97. The number of nitrogens with one attached hydrogen (secondary N) is 1. The Kier molecular flexibility index (Phi) is 3.23. The fourth-order valence-corrected chi connectivity index (χ4v) is 2.79. The number of ether oxygens (including phenoxy) is 1. The molecule has 0 saturated heterocycles. The predicted octanol–water partition coefficient (Wildman–Crippen LogP) is 3.33. The number of H-pyrrole nitrogens is 1. The number of ketones is 1. The molecule has 1 aromatic carbocycles. The molecule has 0 atom stereocenters. The van der Waals surface area contributed by atoms with Gasteiger partial charge < -0.3 is 9.72 Å². The third-order valence-corrected chi connectivity index (χ3v) is 3.90. The lowest BCUT2D eigenvalue weighted by Gasteiger charge is -2.18. The van der Waals surface area contributed by atoms with Gasteiger partial charge in [0.15, 0.2) is 5.82 Å². The SMILES string of the molecule is COc1ccc2nc(C(=O)C3CCCCC3)[nH]c2c1. The molecule has 0 bridgehead atoms. The van der Waals surface area contributed by atoms with Crippen molar-refractivity contribution >= 4 is 16.8 Å². The van der Waals surface area contributed by atoms with Crippen molar-refractivity contribution in [1.29, 1.82) is 0 Å². The Bertz CT molecular complexity index is 597. The van der Waals surface area contributed by atoms with E-state index >= 15 is 0 Å². The van der Waals surface area contributed by atoms with Gasteiger partial charge in [0.05, 0.1) is 18.1 Å². The fraction of sp³-hybridized carbons (Fsp3) is 0.467. The number of rotatable bonds is 3. The second kappa shape index (κ2) is 5.03. The average molecular weight is 258 g/mol. The molecule has 1 saturated carbocycles. The molecule has 1 aliphatic rings. The lowest BCUT2D eigenvalue weighted by molar-refractivity contribution is 0.0880. The Morgan fingerprint density at radius 1 is 1.32 bits per heavy atom. The molecule has 0 amide bonds. The van der Waals surface area contributed by atoms with Gasteiger partial charge in [-0.3, -0.25) is 4.79 Å². The van der Waals surface area contributed by atoms with Crippen LogP contribution in [0.3, 0.4) is 0 Å². The van der Waals surface area contributed by atoms with Crippen LogP contribution in [0, 0.1) is 5.92 Å². The molecule has 1 aliphatic carbocycles. The number of hydrogen-bond acceptors (Lipinski definition) is 3. The van der Waals surface area contributed by atoms with E-state index in [2.05, 4.69) is 9.97 Å². The van der Waals surface area contributed by atoms with Gasteiger partial charge in [-0.2, -0.15) is 0 Å². The summed E-state index contributed by atoms with van der Waals surface area (Å²) in [6.45, 7) is 0. The Morgan fingerprint density at radius 3 is 2.84 bits per heavy atom. The summed E-state index contributed by atoms with van der Waals surface area (Å²) in [4.78, 5) is 19.9. The molecule has 0 radical (unpaired) electrons. The first-order chi connectivity index (χ1) is 9.28. The summed E-state index contributed by atoms with van der Waals surface area (Å²) in [7, 11) is 1.63. The first kappa shape index (κ1) is 12.2. The molecule has 1 fully saturated rings. The molecule has 19 heavy (non-hydrogen) atoms. The van der Waals surface area contributed by atoms with Crippen LogP contribution in [0.15, 0.2) is 18.2 Å². The molecular formula is C15H18N2O2. The van der Waals surface area contributed by atoms with Gasteiger partial charge in [0, 0.05) is 12.0 Å². The zero-order chi connectivity index (χ0) is 13.2. The van der Waals surface area contributed by atoms with Crippen molar-refractivity contribution in [2.75, 3.05) is 7.11 Å². The van der Waals surface area contributed by atoms with Crippen molar-refractivity contribution in [2.45, 2.75) is 32.1 Å². The van der Waals surface area contributed by atoms with Gasteiger partial charge in [-0.25, -0.2) is 4.98 Å². The average Bonchev–Trinajstić information content (AvgIpc) is 2.90. The van der Waals surface area contributed by atoms with Gasteiger partial charge in [-0.05, 0) is 25.0 Å². The number of carbonyl (C=O) groups excluding carboxylic acids is 1. The van der Waals surface area contributed by atoms with Crippen molar-refractivity contribution in [3.63, 3.8) is 0 Å².